The highest BCUT2D eigenvalue weighted by Gasteiger charge is 2.56. The van der Waals surface area contributed by atoms with Gasteiger partial charge in [-0.1, -0.05) is 102 Å². The van der Waals surface area contributed by atoms with E-state index >= 15 is 0 Å². The number of hydrogen-bond donors (Lipinski definition) is 0. The first-order valence-electron chi connectivity index (χ1n) is 9.93. The van der Waals surface area contributed by atoms with Crippen LogP contribution in [0.5, 0.6) is 0 Å². The minimum absolute atomic E-state index is 0.119. The smallest absolute Gasteiger partial charge is 0.305 e. The fourth-order valence-electron chi connectivity index (χ4n) is 3.91. The topological polar surface area (TPSA) is 35.5 Å². The predicted molar refractivity (Wildman–Crippen MR) is 117 cm³/mol. The van der Waals surface area contributed by atoms with Crippen LogP contribution in [0.15, 0.2) is 60.7 Å². The van der Waals surface area contributed by atoms with Gasteiger partial charge in [-0.3, -0.25) is 4.79 Å². The van der Waals surface area contributed by atoms with E-state index in [0.717, 1.165) is 11.1 Å². The maximum absolute atomic E-state index is 12.9. The molecule has 0 unspecified atom stereocenters. The molecule has 3 nitrogen and oxygen atoms in total. The number of ether oxygens (including phenoxy) is 1. The van der Waals surface area contributed by atoms with Gasteiger partial charge in [0.05, 0.1) is 12.7 Å². The summed E-state index contributed by atoms with van der Waals surface area (Å²) in [7, 11) is -2.56. The van der Waals surface area contributed by atoms with E-state index in [0.29, 0.717) is 19.3 Å². The molecule has 0 amide bonds. The lowest BCUT2D eigenvalue weighted by molar-refractivity contribution is -0.142. The van der Waals surface area contributed by atoms with Crippen molar-refractivity contribution in [1.82, 2.24) is 0 Å². The first-order valence-corrected chi connectivity index (χ1v) is 12.0. The molecular formula is C24H34O3Si. The molecule has 0 aromatic heterocycles. The minimum atomic E-state index is -2.56. The molecule has 0 bridgehead atoms. The molecule has 152 valence electrons. The Hall–Kier alpha value is -1.91. The van der Waals surface area contributed by atoms with Crippen LogP contribution in [0.2, 0.25) is 16.1 Å². The Kier molecular flexibility index (Phi) is 7.24. The summed E-state index contributed by atoms with van der Waals surface area (Å²) >= 11 is 0. The third kappa shape index (κ3) is 5.55. The summed E-state index contributed by atoms with van der Waals surface area (Å²) in [5, 5.41) is -0.238. The molecule has 0 aliphatic rings. The van der Waals surface area contributed by atoms with Gasteiger partial charge < -0.3 is 9.16 Å². The molecule has 0 fully saturated rings. The number of rotatable bonds is 7. The number of benzene rings is 2. The Morgan fingerprint density at radius 2 is 1.18 bits per heavy atom. The van der Waals surface area contributed by atoms with Gasteiger partial charge in [0.15, 0.2) is 0 Å². The Morgan fingerprint density at radius 1 is 0.750 bits per heavy atom. The van der Waals surface area contributed by atoms with Crippen molar-refractivity contribution in [3.05, 3.63) is 71.8 Å². The van der Waals surface area contributed by atoms with E-state index in [1.54, 1.807) is 0 Å². The maximum Gasteiger partial charge on any atom is 0.305 e. The number of carbonyl (C=O) groups is 1. The second-order valence-corrected chi connectivity index (χ2v) is 14.7. The summed E-state index contributed by atoms with van der Waals surface area (Å²) in [6.45, 7) is 14.0. The molecule has 0 heterocycles. The fraction of sp³-hybridized carbons (Fsp3) is 0.458. The number of esters is 1. The van der Waals surface area contributed by atoms with Crippen molar-refractivity contribution in [1.29, 1.82) is 0 Å². The predicted octanol–water partition coefficient (Wildman–Crippen LogP) is 6.49. The Labute approximate surface area is 171 Å². The van der Waals surface area contributed by atoms with Gasteiger partial charge in [-0.05, 0) is 21.2 Å². The largest absolute Gasteiger partial charge is 0.461 e. The van der Waals surface area contributed by atoms with Crippen molar-refractivity contribution in [2.45, 2.75) is 70.9 Å². The van der Waals surface area contributed by atoms with Crippen molar-refractivity contribution in [2.75, 3.05) is 0 Å². The molecule has 2 aromatic rings. The first kappa shape index (κ1) is 22.4. The molecule has 0 N–H and O–H groups in total. The molecular weight excluding hydrogens is 364 g/mol. The van der Waals surface area contributed by atoms with Crippen LogP contribution < -0.4 is 0 Å². The molecule has 0 aliphatic heterocycles. The summed E-state index contributed by atoms with van der Waals surface area (Å²) in [5.74, 6) is -0.173. The highest BCUT2D eigenvalue weighted by molar-refractivity contribution is 6.81. The van der Waals surface area contributed by atoms with Gasteiger partial charge in [0.25, 0.3) is 0 Å². The van der Waals surface area contributed by atoms with Gasteiger partial charge >= 0.3 is 5.97 Å². The van der Waals surface area contributed by atoms with Gasteiger partial charge in [0, 0.05) is 0 Å². The summed E-state index contributed by atoms with van der Waals surface area (Å²) < 4.78 is 12.3. The Morgan fingerprint density at radius 3 is 1.61 bits per heavy atom. The molecule has 0 aliphatic carbocycles. The van der Waals surface area contributed by atoms with E-state index in [1.165, 1.54) is 0 Å². The fourth-order valence-corrected chi connectivity index (χ4v) is 9.11. The van der Waals surface area contributed by atoms with Crippen LogP contribution in [-0.2, 0) is 27.2 Å². The van der Waals surface area contributed by atoms with Crippen LogP contribution in [-0.4, -0.2) is 14.3 Å². The molecule has 0 radical (unpaired) electrons. The average Bonchev–Trinajstić information content (AvgIpc) is 2.63. The number of hydrogen-bond acceptors (Lipinski definition) is 3. The summed E-state index contributed by atoms with van der Waals surface area (Å²) in [6, 6.07) is 20.3. The van der Waals surface area contributed by atoms with E-state index in [-0.39, 0.29) is 16.0 Å². The SMILES string of the molecule is CC(C)(C)[Si](CC(=O)OCc1ccccc1)(OCc1ccccc1)C(C)(C)C. The van der Waals surface area contributed by atoms with Crippen LogP contribution in [0.1, 0.15) is 52.7 Å². The molecule has 0 saturated carbocycles. The lowest BCUT2D eigenvalue weighted by atomic mass is 10.2. The third-order valence-corrected chi connectivity index (χ3v) is 11.7. The third-order valence-electron chi connectivity index (χ3n) is 5.39. The highest BCUT2D eigenvalue weighted by Crippen LogP contribution is 2.54. The average molecular weight is 399 g/mol. The first-order chi connectivity index (χ1) is 13.1. The second kappa shape index (κ2) is 9.06. The zero-order valence-electron chi connectivity index (χ0n) is 18.1. The second-order valence-electron chi connectivity index (χ2n) is 9.42. The van der Waals surface area contributed by atoms with Gasteiger partial charge in [0.1, 0.15) is 6.61 Å². The van der Waals surface area contributed by atoms with E-state index in [4.69, 9.17) is 9.16 Å². The summed E-state index contributed by atoms with van der Waals surface area (Å²) in [4.78, 5) is 12.9. The quantitative estimate of drug-likeness (QED) is 0.395. The molecule has 0 atom stereocenters. The Balaban J connectivity index is 2.20. The lowest BCUT2D eigenvalue weighted by Crippen LogP contribution is -2.55. The van der Waals surface area contributed by atoms with Gasteiger partial charge in [0.2, 0.25) is 8.32 Å². The van der Waals surface area contributed by atoms with Crippen LogP contribution in [0.4, 0.5) is 0 Å². The molecule has 2 rings (SSSR count). The van der Waals surface area contributed by atoms with Crippen LogP contribution in [0.25, 0.3) is 0 Å². The van der Waals surface area contributed by atoms with Gasteiger partial charge in [-0.25, -0.2) is 0 Å². The van der Waals surface area contributed by atoms with Crippen molar-refractivity contribution in [2.24, 2.45) is 0 Å². The van der Waals surface area contributed by atoms with Gasteiger partial charge in [-0.15, -0.1) is 0 Å². The van der Waals surface area contributed by atoms with E-state index in [2.05, 4.69) is 53.7 Å². The molecule has 4 heteroatoms. The molecule has 0 saturated heterocycles. The van der Waals surface area contributed by atoms with Crippen LogP contribution in [0.3, 0.4) is 0 Å². The monoisotopic (exact) mass is 398 g/mol. The maximum atomic E-state index is 12.9. The van der Waals surface area contributed by atoms with Crippen molar-refractivity contribution < 1.29 is 14.0 Å². The summed E-state index contributed by atoms with van der Waals surface area (Å²) in [5.41, 5.74) is 2.13. The summed E-state index contributed by atoms with van der Waals surface area (Å²) in [6.07, 6.45) is 0. The molecule has 0 spiro atoms. The zero-order chi connectivity index (χ0) is 20.8. The van der Waals surface area contributed by atoms with E-state index < -0.39 is 8.32 Å². The van der Waals surface area contributed by atoms with Crippen molar-refractivity contribution >= 4 is 14.3 Å². The van der Waals surface area contributed by atoms with E-state index in [9.17, 15) is 4.79 Å². The highest BCUT2D eigenvalue weighted by atomic mass is 28.4. The Bertz CT molecular complexity index is 729. The normalized spacial score (nSPS) is 12.6. The zero-order valence-corrected chi connectivity index (χ0v) is 19.1. The van der Waals surface area contributed by atoms with Crippen LogP contribution in [0, 0.1) is 0 Å². The van der Waals surface area contributed by atoms with E-state index in [1.807, 2.05) is 48.5 Å². The lowest BCUT2D eigenvalue weighted by Gasteiger charge is -2.50. The minimum Gasteiger partial charge on any atom is -0.461 e. The standard InChI is InChI=1S/C24H34O3Si/c1-23(2,3)28(24(4,5)6,27-18-21-15-11-8-12-16-21)19-22(25)26-17-20-13-9-7-10-14-20/h7-16H,17-19H2,1-6H3. The van der Waals surface area contributed by atoms with Crippen molar-refractivity contribution in [3.8, 4) is 0 Å². The number of carbonyl (C=O) groups excluding carboxylic acids is 1. The van der Waals surface area contributed by atoms with Crippen LogP contribution >= 0.6 is 0 Å². The molecule has 28 heavy (non-hydrogen) atoms. The van der Waals surface area contributed by atoms with Crippen molar-refractivity contribution in [3.63, 3.8) is 0 Å². The van der Waals surface area contributed by atoms with Gasteiger partial charge in [-0.2, -0.15) is 0 Å². The molecule has 2 aromatic carbocycles.